The third-order valence-corrected chi connectivity index (χ3v) is 4.07. The molecule has 0 bridgehead atoms. The van der Waals surface area contributed by atoms with Gasteiger partial charge in [-0.2, -0.15) is 5.10 Å². The normalized spacial score (nSPS) is 10.6. The number of hydrogen-bond acceptors (Lipinski definition) is 2. The van der Waals surface area contributed by atoms with E-state index in [0.717, 1.165) is 16.8 Å². The Hall–Kier alpha value is -2.88. The third-order valence-electron chi connectivity index (χ3n) is 4.07. The molecule has 0 saturated carbocycles. The molecule has 0 aliphatic carbocycles. The molecule has 1 amide bonds. The van der Waals surface area contributed by atoms with Gasteiger partial charge in [-0.05, 0) is 49.2 Å². The van der Waals surface area contributed by atoms with Crippen LogP contribution in [0.5, 0.6) is 0 Å². The third kappa shape index (κ3) is 3.38. The summed E-state index contributed by atoms with van der Waals surface area (Å²) in [7, 11) is 0. The van der Waals surface area contributed by atoms with Crippen LogP contribution in [0.15, 0.2) is 67.0 Å². The molecule has 24 heavy (non-hydrogen) atoms. The highest BCUT2D eigenvalue weighted by Gasteiger charge is 2.17. The minimum atomic E-state index is 0.0254. The highest BCUT2D eigenvalue weighted by Crippen LogP contribution is 2.21. The first-order valence-corrected chi connectivity index (χ1v) is 8.13. The van der Waals surface area contributed by atoms with Gasteiger partial charge in [0.2, 0.25) is 0 Å². The van der Waals surface area contributed by atoms with Crippen LogP contribution in [0.4, 0.5) is 5.69 Å². The Balaban J connectivity index is 1.80. The molecule has 0 unspecified atom stereocenters. The van der Waals surface area contributed by atoms with Gasteiger partial charge in [-0.15, -0.1) is 0 Å². The second-order valence-electron chi connectivity index (χ2n) is 5.74. The topological polar surface area (TPSA) is 38.1 Å². The molecular weight excluding hydrogens is 298 g/mol. The van der Waals surface area contributed by atoms with Gasteiger partial charge < -0.3 is 4.90 Å². The van der Waals surface area contributed by atoms with Crippen molar-refractivity contribution >= 4 is 11.6 Å². The second-order valence-corrected chi connectivity index (χ2v) is 5.74. The summed E-state index contributed by atoms with van der Waals surface area (Å²) in [4.78, 5) is 14.7. The highest BCUT2D eigenvalue weighted by atomic mass is 16.2. The maximum absolute atomic E-state index is 12.9. The molecule has 122 valence electrons. The van der Waals surface area contributed by atoms with Gasteiger partial charge in [0.25, 0.3) is 5.91 Å². The number of rotatable bonds is 5. The van der Waals surface area contributed by atoms with E-state index in [1.807, 2.05) is 84.2 Å². The lowest BCUT2D eigenvalue weighted by Gasteiger charge is -2.23. The van der Waals surface area contributed by atoms with E-state index in [4.69, 9.17) is 0 Å². The molecule has 0 N–H and O–H groups in total. The first-order chi connectivity index (χ1) is 11.7. The summed E-state index contributed by atoms with van der Waals surface area (Å²) in [5.41, 5.74) is 3.88. The van der Waals surface area contributed by atoms with Gasteiger partial charge in [0.1, 0.15) is 0 Å². The number of carbonyl (C=O) groups excluding carboxylic acids is 1. The maximum atomic E-state index is 12.9. The number of nitrogens with zero attached hydrogens (tertiary/aromatic N) is 3. The molecule has 2 aromatic carbocycles. The molecule has 3 rings (SSSR count). The standard InChI is InChI=1S/C20H21N3O/c1-3-23(19-8-5-4-7-16(19)2)20(24)18-11-9-17(10-12-18)15-22-14-6-13-21-22/h4-14H,3,15H2,1-2H3. The lowest BCUT2D eigenvalue weighted by molar-refractivity contribution is 0.0988. The SMILES string of the molecule is CCN(C(=O)c1ccc(Cn2cccn2)cc1)c1ccccc1C. The number of para-hydroxylation sites is 1. The highest BCUT2D eigenvalue weighted by molar-refractivity contribution is 6.06. The fourth-order valence-corrected chi connectivity index (χ4v) is 2.78. The van der Waals surface area contributed by atoms with Crippen molar-refractivity contribution in [3.05, 3.63) is 83.7 Å². The van der Waals surface area contributed by atoms with Crippen molar-refractivity contribution in [3.8, 4) is 0 Å². The first kappa shape index (κ1) is 16.0. The average Bonchev–Trinajstić information content (AvgIpc) is 3.11. The molecule has 4 heteroatoms. The van der Waals surface area contributed by atoms with E-state index < -0.39 is 0 Å². The zero-order valence-corrected chi connectivity index (χ0v) is 14.0. The molecule has 0 radical (unpaired) electrons. The van der Waals surface area contributed by atoms with Gasteiger partial charge in [0, 0.05) is 30.2 Å². The van der Waals surface area contributed by atoms with Crippen molar-refractivity contribution in [1.29, 1.82) is 0 Å². The molecule has 3 aromatic rings. The predicted molar refractivity (Wildman–Crippen MR) is 96.3 cm³/mol. The Morgan fingerprint density at radius 1 is 1.08 bits per heavy atom. The maximum Gasteiger partial charge on any atom is 0.258 e. The van der Waals surface area contributed by atoms with Crippen LogP contribution in [0.25, 0.3) is 0 Å². The Morgan fingerprint density at radius 2 is 1.83 bits per heavy atom. The fourth-order valence-electron chi connectivity index (χ4n) is 2.78. The average molecular weight is 319 g/mol. The summed E-state index contributed by atoms with van der Waals surface area (Å²) in [6.45, 7) is 5.37. The van der Waals surface area contributed by atoms with E-state index in [1.54, 1.807) is 6.20 Å². The van der Waals surface area contributed by atoms with Gasteiger partial charge in [-0.1, -0.05) is 30.3 Å². The lowest BCUT2D eigenvalue weighted by atomic mass is 10.1. The van der Waals surface area contributed by atoms with Crippen molar-refractivity contribution in [3.63, 3.8) is 0 Å². The summed E-state index contributed by atoms with van der Waals surface area (Å²) < 4.78 is 1.86. The van der Waals surface area contributed by atoms with Crippen LogP contribution in [0.1, 0.15) is 28.4 Å². The number of aryl methyl sites for hydroxylation is 1. The zero-order valence-electron chi connectivity index (χ0n) is 14.0. The minimum absolute atomic E-state index is 0.0254. The van der Waals surface area contributed by atoms with E-state index in [-0.39, 0.29) is 5.91 Å². The van der Waals surface area contributed by atoms with E-state index in [2.05, 4.69) is 5.10 Å². The number of anilines is 1. The van der Waals surface area contributed by atoms with Crippen LogP contribution >= 0.6 is 0 Å². The van der Waals surface area contributed by atoms with Gasteiger partial charge in [-0.25, -0.2) is 0 Å². The minimum Gasteiger partial charge on any atom is -0.308 e. The number of benzene rings is 2. The predicted octanol–water partition coefficient (Wildman–Crippen LogP) is 3.91. The van der Waals surface area contributed by atoms with Gasteiger partial charge in [0.15, 0.2) is 0 Å². The molecule has 1 heterocycles. The second kappa shape index (κ2) is 7.13. The van der Waals surface area contributed by atoms with Crippen molar-refractivity contribution in [1.82, 2.24) is 9.78 Å². The van der Waals surface area contributed by atoms with Crippen LogP contribution in [0.2, 0.25) is 0 Å². The molecule has 0 fully saturated rings. The first-order valence-electron chi connectivity index (χ1n) is 8.13. The summed E-state index contributed by atoms with van der Waals surface area (Å²) in [6.07, 6.45) is 3.69. The smallest absolute Gasteiger partial charge is 0.258 e. The van der Waals surface area contributed by atoms with Crippen molar-refractivity contribution in [2.24, 2.45) is 0 Å². The van der Waals surface area contributed by atoms with E-state index >= 15 is 0 Å². The fraction of sp³-hybridized carbons (Fsp3) is 0.200. The monoisotopic (exact) mass is 319 g/mol. The van der Waals surface area contributed by atoms with Crippen LogP contribution in [-0.4, -0.2) is 22.2 Å². The summed E-state index contributed by atoms with van der Waals surface area (Å²) in [5.74, 6) is 0.0254. The summed E-state index contributed by atoms with van der Waals surface area (Å²) in [5, 5.41) is 4.20. The van der Waals surface area contributed by atoms with E-state index in [1.165, 1.54) is 0 Å². The quantitative estimate of drug-likeness (QED) is 0.715. The Bertz CT molecular complexity index is 807. The van der Waals surface area contributed by atoms with Crippen molar-refractivity contribution in [2.75, 3.05) is 11.4 Å². The molecule has 0 saturated heterocycles. The molecule has 0 aliphatic rings. The van der Waals surface area contributed by atoms with Crippen LogP contribution in [0, 0.1) is 6.92 Å². The molecule has 1 aromatic heterocycles. The zero-order chi connectivity index (χ0) is 16.9. The molecule has 0 aliphatic heterocycles. The van der Waals surface area contributed by atoms with Crippen LogP contribution in [0.3, 0.4) is 0 Å². The van der Waals surface area contributed by atoms with Gasteiger partial charge in [0.05, 0.1) is 6.54 Å². The lowest BCUT2D eigenvalue weighted by Crippen LogP contribution is -2.31. The molecule has 4 nitrogen and oxygen atoms in total. The van der Waals surface area contributed by atoms with E-state index in [9.17, 15) is 4.79 Å². The Labute approximate surface area is 142 Å². The largest absolute Gasteiger partial charge is 0.308 e. The van der Waals surface area contributed by atoms with E-state index in [0.29, 0.717) is 18.7 Å². The van der Waals surface area contributed by atoms with Gasteiger partial charge >= 0.3 is 0 Å². The summed E-state index contributed by atoms with van der Waals surface area (Å²) in [6, 6.07) is 17.6. The van der Waals surface area contributed by atoms with Crippen LogP contribution < -0.4 is 4.90 Å². The number of carbonyl (C=O) groups is 1. The molecule has 0 atom stereocenters. The van der Waals surface area contributed by atoms with Crippen molar-refractivity contribution < 1.29 is 4.79 Å². The Kier molecular flexibility index (Phi) is 4.75. The number of hydrogen-bond donors (Lipinski definition) is 0. The summed E-state index contributed by atoms with van der Waals surface area (Å²) >= 11 is 0. The Morgan fingerprint density at radius 3 is 2.46 bits per heavy atom. The molecule has 0 spiro atoms. The van der Waals surface area contributed by atoms with Gasteiger partial charge in [-0.3, -0.25) is 9.48 Å². The number of aromatic nitrogens is 2. The van der Waals surface area contributed by atoms with Crippen LogP contribution in [-0.2, 0) is 6.54 Å². The molecular formula is C20H21N3O. The van der Waals surface area contributed by atoms with Crippen molar-refractivity contribution in [2.45, 2.75) is 20.4 Å². The number of amides is 1.